The zero-order valence-corrected chi connectivity index (χ0v) is 11.6. The molecule has 1 aliphatic heterocycles. The van der Waals surface area contributed by atoms with Crippen molar-refractivity contribution in [1.29, 1.82) is 0 Å². The molecule has 0 unspecified atom stereocenters. The minimum Gasteiger partial charge on any atom is -0.345 e. The first-order chi connectivity index (χ1) is 9.72. The lowest BCUT2D eigenvalue weighted by Gasteiger charge is -2.43. The van der Waals surface area contributed by atoms with Crippen molar-refractivity contribution in [2.45, 2.75) is 37.6 Å². The lowest BCUT2D eigenvalue weighted by molar-refractivity contribution is -0.153. The highest BCUT2D eigenvalue weighted by Crippen LogP contribution is 2.37. The number of nitrogens with one attached hydrogen (secondary N) is 1. The Hall–Kier alpha value is -1.84. The standard InChI is InChI=1S/C16H20N2O2/c19-14-12-17-15(20)16(9-4-5-10-16)18(14)11-8-13-6-2-1-3-7-13/h1-3,6-7H,4-5,8-12H2,(H,17,20). The molecule has 1 saturated heterocycles. The Morgan fingerprint density at radius 2 is 1.80 bits per heavy atom. The Bertz CT molecular complexity index is 506. The zero-order chi connectivity index (χ0) is 14.0. The number of piperazine rings is 1. The first-order valence-corrected chi connectivity index (χ1v) is 7.35. The van der Waals surface area contributed by atoms with E-state index in [0.29, 0.717) is 6.54 Å². The van der Waals surface area contributed by atoms with Crippen LogP contribution in [0.3, 0.4) is 0 Å². The number of amides is 2. The van der Waals surface area contributed by atoms with E-state index in [1.165, 1.54) is 5.56 Å². The van der Waals surface area contributed by atoms with Gasteiger partial charge in [-0.1, -0.05) is 43.2 Å². The van der Waals surface area contributed by atoms with Gasteiger partial charge in [0.25, 0.3) is 0 Å². The van der Waals surface area contributed by atoms with Gasteiger partial charge in [0.15, 0.2) is 0 Å². The maximum absolute atomic E-state index is 12.3. The molecule has 0 aromatic heterocycles. The van der Waals surface area contributed by atoms with Gasteiger partial charge in [-0.15, -0.1) is 0 Å². The van der Waals surface area contributed by atoms with E-state index in [1.807, 2.05) is 23.1 Å². The third-order valence-electron chi connectivity index (χ3n) is 4.54. The summed E-state index contributed by atoms with van der Waals surface area (Å²) in [4.78, 5) is 26.4. The molecule has 0 radical (unpaired) electrons. The smallest absolute Gasteiger partial charge is 0.246 e. The lowest BCUT2D eigenvalue weighted by atomic mass is 9.91. The molecule has 2 aliphatic rings. The van der Waals surface area contributed by atoms with Crippen LogP contribution in [0, 0.1) is 0 Å². The summed E-state index contributed by atoms with van der Waals surface area (Å²) in [5, 5.41) is 2.76. The Morgan fingerprint density at radius 1 is 1.10 bits per heavy atom. The van der Waals surface area contributed by atoms with Gasteiger partial charge in [0.2, 0.25) is 11.8 Å². The van der Waals surface area contributed by atoms with Crippen molar-refractivity contribution in [2.75, 3.05) is 13.1 Å². The molecular formula is C16H20N2O2. The van der Waals surface area contributed by atoms with E-state index in [4.69, 9.17) is 0 Å². The van der Waals surface area contributed by atoms with Gasteiger partial charge < -0.3 is 10.2 Å². The maximum atomic E-state index is 12.3. The van der Waals surface area contributed by atoms with Crippen LogP contribution >= 0.6 is 0 Å². The molecule has 4 heteroatoms. The fourth-order valence-corrected chi connectivity index (χ4v) is 3.46. The second-order valence-electron chi connectivity index (χ2n) is 5.70. The summed E-state index contributed by atoms with van der Waals surface area (Å²) >= 11 is 0. The highest BCUT2D eigenvalue weighted by atomic mass is 16.2. The SMILES string of the molecule is O=C1CNC(=O)C2(CCCC2)N1CCc1ccccc1. The monoisotopic (exact) mass is 272 g/mol. The van der Waals surface area contributed by atoms with Crippen LogP contribution in [0.15, 0.2) is 30.3 Å². The summed E-state index contributed by atoms with van der Waals surface area (Å²) in [6, 6.07) is 10.1. The predicted octanol–water partition coefficient (Wildman–Crippen LogP) is 1.50. The van der Waals surface area contributed by atoms with Crippen molar-refractivity contribution < 1.29 is 9.59 Å². The highest BCUT2D eigenvalue weighted by Gasteiger charge is 2.50. The molecule has 1 N–H and O–H groups in total. The molecule has 20 heavy (non-hydrogen) atoms. The number of nitrogens with zero attached hydrogens (tertiary/aromatic N) is 1. The van der Waals surface area contributed by atoms with Gasteiger partial charge in [-0.2, -0.15) is 0 Å². The van der Waals surface area contributed by atoms with E-state index in [9.17, 15) is 9.59 Å². The van der Waals surface area contributed by atoms with Crippen LogP contribution in [-0.2, 0) is 16.0 Å². The van der Waals surface area contributed by atoms with Gasteiger partial charge in [0.05, 0.1) is 6.54 Å². The molecule has 3 rings (SSSR count). The molecule has 106 valence electrons. The number of hydrogen-bond donors (Lipinski definition) is 1. The normalized spacial score (nSPS) is 21.3. The Labute approximate surface area is 119 Å². The second kappa shape index (κ2) is 5.27. The highest BCUT2D eigenvalue weighted by molar-refractivity contribution is 5.98. The molecule has 2 fully saturated rings. The molecule has 4 nitrogen and oxygen atoms in total. The summed E-state index contributed by atoms with van der Waals surface area (Å²) < 4.78 is 0. The average Bonchev–Trinajstić information content (AvgIpc) is 2.95. The molecule has 2 amide bonds. The summed E-state index contributed by atoms with van der Waals surface area (Å²) in [7, 11) is 0. The van der Waals surface area contributed by atoms with E-state index < -0.39 is 5.54 Å². The van der Waals surface area contributed by atoms with E-state index in [0.717, 1.165) is 32.1 Å². The molecule has 1 aromatic carbocycles. The van der Waals surface area contributed by atoms with Crippen LogP contribution in [-0.4, -0.2) is 35.3 Å². The van der Waals surface area contributed by atoms with Crippen molar-refractivity contribution in [1.82, 2.24) is 10.2 Å². The van der Waals surface area contributed by atoms with Gasteiger partial charge in [0.1, 0.15) is 5.54 Å². The van der Waals surface area contributed by atoms with E-state index in [-0.39, 0.29) is 18.4 Å². The first-order valence-electron chi connectivity index (χ1n) is 7.35. The Balaban J connectivity index is 1.77. The van der Waals surface area contributed by atoms with E-state index in [2.05, 4.69) is 17.4 Å². The number of rotatable bonds is 3. The molecule has 1 aromatic rings. The predicted molar refractivity (Wildman–Crippen MR) is 76.1 cm³/mol. The van der Waals surface area contributed by atoms with Crippen molar-refractivity contribution in [3.63, 3.8) is 0 Å². The zero-order valence-electron chi connectivity index (χ0n) is 11.6. The summed E-state index contributed by atoms with van der Waals surface area (Å²) in [5.41, 5.74) is 0.642. The molecule has 1 aliphatic carbocycles. The Kier molecular flexibility index (Phi) is 3.47. The van der Waals surface area contributed by atoms with Crippen molar-refractivity contribution >= 4 is 11.8 Å². The summed E-state index contributed by atoms with van der Waals surface area (Å²) in [5.74, 6) is 0.102. The van der Waals surface area contributed by atoms with E-state index in [1.54, 1.807) is 0 Å². The molecule has 0 atom stereocenters. The first kappa shape index (κ1) is 13.2. The quantitative estimate of drug-likeness (QED) is 0.906. The number of benzene rings is 1. The molecule has 1 heterocycles. The third-order valence-corrected chi connectivity index (χ3v) is 4.54. The van der Waals surface area contributed by atoms with Crippen LogP contribution in [0.5, 0.6) is 0 Å². The fourth-order valence-electron chi connectivity index (χ4n) is 3.46. The molecule has 0 bridgehead atoms. The minimum atomic E-state index is -0.565. The topological polar surface area (TPSA) is 49.4 Å². The van der Waals surface area contributed by atoms with Crippen LogP contribution in [0.1, 0.15) is 31.2 Å². The molecular weight excluding hydrogens is 252 g/mol. The van der Waals surface area contributed by atoms with E-state index >= 15 is 0 Å². The van der Waals surface area contributed by atoms with Gasteiger partial charge >= 0.3 is 0 Å². The molecule has 1 spiro atoms. The van der Waals surface area contributed by atoms with Crippen LogP contribution in [0.4, 0.5) is 0 Å². The van der Waals surface area contributed by atoms with Crippen LogP contribution in [0.25, 0.3) is 0 Å². The van der Waals surface area contributed by atoms with Crippen LogP contribution < -0.4 is 5.32 Å². The van der Waals surface area contributed by atoms with Gasteiger partial charge in [-0.05, 0) is 24.8 Å². The average molecular weight is 272 g/mol. The van der Waals surface area contributed by atoms with Gasteiger partial charge in [0, 0.05) is 6.54 Å². The molecule has 1 saturated carbocycles. The van der Waals surface area contributed by atoms with Crippen molar-refractivity contribution in [3.05, 3.63) is 35.9 Å². The second-order valence-corrected chi connectivity index (χ2v) is 5.70. The summed E-state index contributed by atoms with van der Waals surface area (Å²) in [6.07, 6.45) is 4.48. The number of carbonyl (C=O) groups excluding carboxylic acids is 2. The largest absolute Gasteiger partial charge is 0.345 e. The summed E-state index contributed by atoms with van der Waals surface area (Å²) in [6.45, 7) is 0.783. The lowest BCUT2D eigenvalue weighted by Crippen LogP contribution is -2.66. The number of carbonyl (C=O) groups is 2. The van der Waals surface area contributed by atoms with Crippen molar-refractivity contribution in [2.24, 2.45) is 0 Å². The third kappa shape index (κ3) is 2.19. The minimum absolute atomic E-state index is 0.0441. The number of hydrogen-bond acceptors (Lipinski definition) is 2. The van der Waals surface area contributed by atoms with Crippen LogP contribution in [0.2, 0.25) is 0 Å². The Morgan fingerprint density at radius 3 is 2.50 bits per heavy atom. The fraction of sp³-hybridized carbons (Fsp3) is 0.500. The van der Waals surface area contributed by atoms with Gasteiger partial charge in [-0.25, -0.2) is 0 Å². The van der Waals surface area contributed by atoms with Gasteiger partial charge in [-0.3, -0.25) is 9.59 Å². The van der Waals surface area contributed by atoms with Crippen molar-refractivity contribution in [3.8, 4) is 0 Å². The maximum Gasteiger partial charge on any atom is 0.246 e.